The van der Waals surface area contributed by atoms with E-state index in [9.17, 15) is 4.79 Å². The van der Waals surface area contributed by atoms with Crippen molar-refractivity contribution in [1.82, 2.24) is 4.90 Å². The lowest BCUT2D eigenvalue weighted by molar-refractivity contribution is -0.126. The van der Waals surface area contributed by atoms with Gasteiger partial charge in [-0.1, -0.05) is 6.07 Å². The highest BCUT2D eigenvalue weighted by molar-refractivity contribution is 5.92. The third-order valence-corrected chi connectivity index (χ3v) is 4.85. The summed E-state index contributed by atoms with van der Waals surface area (Å²) < 4.78 is 15.9. The first kappa shape index (κ1) is 19.6. The molecule has 148 valence electrons. The molecule has 28 heavy (non-hydrogen) atoms. The zero-order chi connectivity index (χ0) is 19.9. The molecule has 0 aliphatic carbocycles. The van der Waals surface area contributed by atoms with E-state index >= 15 is 0 Å². The Balaban J connectivity index is 1.61. The second-order valence-corrected chi connectivity index (χ2v) is 6.46. The number of ether oxygens (including phenoxy) is 3. The van der Waals surface area contributed by atoms with Crippen molar-refractivity contribution >= 4 is 17.7 Å². The summed E-state index contributed by atoms with van der Waals surface area (Å²) in [5, 5.41) is 0. The zero-order valence-corrected chi connectivity index (χ0v) is 16.6. The summed E-state index contributed by atoms with van der Waals surface area (Å²) in [6.45, 7) is 2.93. The van der Waals surface area contributed by atoms with E-state index in [-0.39, 0.29) is 5.91 Å². The number of carbonyl (C=O) groups is 1. The number of nitrogens with zero attached hydrogens (tertiary/aromatic N) is 2. The Labute approximate surface area is 165 Å². The van der Waals surface area contributed by atoms with Gasteiger partial charge >= 0.3 is 0 Å². The van der Waals surface area contributed by atoms with Gasteiger partial charge in [0.05, 0.1) is 21.3 Å². The molecule has 0 unspecified atom stereocenters. The van der Waals surface area contributed by atoms with Gasteiger partial charge in [0.25, 0.3) is 0 Å². The van der Waals surface area contributed by atoms with Crippen LogP contribution in [0.15, 0.2) is 48.5 Å². The van der Waals surface area contributed by atoms with Gasteiger partial charge in [-0.15, -0.1) is 0 Å². The van der Waals surface area contributed by atoms with Crippen LogP contribution in [-0.2, 0) is 4.79 Å². The molecule has 1 saturated heterocycles. The van der Waals surface area contributed by atoms with Gasteiger partial charge in [0.15, 0.2) is 0 Å². The van der Waals surface area contributed by atoms with Crippen LogP contribution >= 0.6 is 0 Å². The number of rotatable bonds is 6. The third kappa shape index (κ3) is 4.57. The molecule has 0 bridgehead atoms. The molecule has 2 aromatic carbocycles. The summed E-state index contributed by atoms with van der Waals surface area (Å²) in [4.78, 5) is 16.7. The van der Waals surface area contributed by atoms with Crippen LogP contribution in [-0.4, -0.2) is 58.3 Å². The fourth-order valence-corrected chi connectivity index (χ4v) is 3.23. The topological polar surface area (TPSA) is 51.2 Å². The highest BCUT2D eigenvalue weighted by Crippen LogP contribution is 2.25. The highest BCUT2D eigenvalue weighted by Gasteiger charge is 2.20. The standard InChI is InChI=1S/C22H26N2O4/c1-26-19-6-4-5-18(16-19)23-11-13-24(14-12-23)22(25)10-7-17-15-20(27-2)8-9-21(17)28-3/h4-10,15-16H,11-14H2,1-3H3/b10-7+. The molecule has 0 N–H and O–H groups in total. The van der Waals surface area contributed by atoms with Gasteiger partial charge in [0.1, 0.15) is 17.2 Å². The predicted molar refractivity (Wildman–Crippen MR) is 110 cm³/mol. The van der Waals surface area contributed by atoms with Gasteiger partial charge < -0.3 is 24.0 Å². The number of amides is 1. The first-order valence-electron chi connectivity index (χ1n) is 9.22. The van der Waals surface area contributed by atoms with Crippen LogP contribution in [0.5, 0.6) is 17.2 Å². The van der Waals surface area contributed by atoms with Crippen molar-refractivity contribution in [2.24, 2.45) is 0 Å². The molecule has 1 heterocycles. The maximum absolute atomic E-state index is 12.6. The highest BCUT2D eigenvalue weighted by atomic mass is 16.5. The van der Waals surface area contributed by atoms with Crippen LogP contribution in [0.25, 0.3) is 6.08 Å². The molecule has 6 nitrogen and oxygen atoms in total. The number of benzene rings is 2. The normalized spacial score (nSPS) is 14.2. The fourth-order valence-electron chi connectivity index (χ4n) is 3.23. The average molecular weight is 382 g/mol. The summed E-state index contributed by atoms with van der Waals surface area (Å²) in [5.41, 5.74) is 1.92. The number of methoxy groups -OCH3 is 3. The quantitative estimate of drug-likeness (QED) is 0.719. The van der Waals surface area contributed by atoms with Gasteiger partial charge in [0, 0.05) is 49.6 Å². The van der Waals surface area contributed by atoms with Crippen molar-refractivity contribution in [3.63, 3.8) is 0 Å². The van der Waals surface area contributed by atoms with E-state index in [1.807, 2.05) is 41.3 Å². The minimum atomic E-state index is -0.00448. The number of hydrogen-bond acceptors (Lipinski definition) is 5. The molecular formula is C22H26N2O4. The van der Waals surface area contributed by atoms with Crippen molar-refractivity contribution in [2.45, 2.75) is 0 Å². The lowest BCUT2D eigenvalue weighted by Gasteiger charge is -2.35. The molecule has 1 amide bonds. The minimum absolute atomic E-state index is 0.00448. The summed E-state index contributed by atoms with van der Waals surface area (Å²) >= 11 is 0. The molecule has 2 aromatic rings. The molecule has 0 atom stereocenters. The Morgan fingerprint density at radius 3 is 2.29 bits per heavy atom. The maximum atomic E-state index is 12.6. The monoisotopic (exact) mass is 382 g/mol. The Morgan fingerprint density at radius 1 is 0.893 bits per heavy atom. The van der Waals surface area contributed by atoms with Crippen molar-refractivity contribution in [2.75, 3.05) is 52.4 Å². The molecule has 1 aliphatic rings. The molecular weight excluding hydrogens is 356 g/mol. The average Bonchev–Trinajstić information content (AvgIpc) is 2.77. The van der Waals surface area contributed by atoms with Crippen LogP contribution in [0, 0.1) is 0 Å². The van der Waals surface area contributed by atoms with E-state index in [0.29, 0.717) is 18.8 Å². The second-order valence-electron chi connectivity index (χ2n) is 6.46. The number of anilines is 1. The summed E-state index contributed by atoms with van der Waals surface area (Å²) in [6.07, 6.45) is 3.37. The Morgan fingerprint density at radius 2 is 1.61 bits per heavy atom. The van der Waals surface area contributed by atoms with Crippen LogP contribution in [0.4, 0.5) is 5.69 Å². The van der Waals surface area contributed by atoms with Crippen LogP contribution in [0.2, 0.25) is 0 Å². The van der Waals surface area contributed by atoms with Gasteiger partial charge in [0.2, 0.25) is 5.91 Å². The second kappa shape index (κ2) is 9.17. The molecule has 1 fully saturated rings. The SMILES string of the molecule is COc1cccc(N2CCN(C(=O)/C=C/c3cc(OC)ccc3OC)CC2)c1. The van der Waals surface area contributed by atoms with Crippen LogP contribution < -0.4 is 19.1 Å². The third-order valence-electron chi connectivity index (χ3n) is 4.85. The van der Waals surface area contributed by atoms with E-state index in [1.54, 1.807) is 33.5 Å². The molecule has 0 aromatic heterocycles. The van der Waals surface area contributed by atoms with E-state index in [4.69, 9.17) is 14.2 Å². The van der Waals surface area contributed by atoms with Gasteiger partial charge in [-0.3, -0.25) is 4.79 Å². The van der Waals surface area contributed by atoms with Crippen LogP contribution in [0.3, 0.4) is 0 Å². The smallest absolute Gasteiger partial charge is 0.246 e. The van der Waals surface area contributed by atoms with Crippen molar-refractivity contribution in [3.8, 4) is 17.2 Å². The van der Waals surface area contributed by atoms with Crippen LogP contribution in [0.1, 0.15) is 5.56 Å². The van der Waals surface area contributed by atoms with E-state index in [2.05, 4.69) is 11.0 Å². The maximum Gasteiger partial charge on any atom is 0.246 e. The minimum Gasteiger partial charge on any atom is -0.497 e. The molecule has 0 saturated carbocycles. The summed E-state index contributed by atoms with van der Waals surface area (Å²) in [5.74, 6) is 2.26. The number of carbonyl (C=O) groups excluding carboxylic acids is 1. The van der Waals surface area contributed by atoms with Gasteiger partial charge in [-0.25, -0.2) is 0 Å². The number of hydrogen-bond donors (Lipinski definition) is 0. The summed E-state index contributed by atoms with van der Waals surface area (Å²) in [6, 6.07) is 13.5. The lowest BCUT2D eigenvalue weighted by Crippen LogP contribution is -2.48. The van der Waals surface area contributed by atoms with E-state index in [1.165, 1.54) is 0 Å². The predicted octanol–water partition coefficient (Wildman–Crippen LogP) is 3.07. The molecule has 0 radical (unpaired) electrons. The van der Waals surface area contributed by atoms with Crippen molar-refractivity contribution in [3.05, 3.63) is 54.1 Å². The van der Waals surface area contributed by atoms with E-state index in [0.717, 1.165) is 35.8 Å². The van der Waals surface area contributed by atoms with Gasteiger partial charge in [-0.2, -0.15) is 0 Å². The molecule has 6 heteroatoms. The fraction of sp³-hybridized carbons (Fsp3) is 0.318. The molecule has 3 rings (SSSR count). The number of piperazine rings is 1. The Hall–Kier alpha value is -3.15. The Bertz CT molecular complexity index is 842. The van der Waals surface area contributed by atoms with Crippen molar-refractivity contribution in [1.29, 1.82) is 0 Å². The molecule has 0 spiro atoms. The van der Waals surface area contributed by atoms with E-state index < -0.39 is 0 Å². The first-order chi connectivity index (χ1) is 13.6. The zero-order valence-electron chi connectivity index (χ0n) is 16.6. The van der Waals surface area contributed by atoms with Gasteiger partial charge in [-0.05, 0) is 36.4 Å². The van der Waals surface area contributed by atoms with Crippen molar-refractivity contribution < 1.29 is 19.0 Å². The summed E-state index contributed by atoms with van der Waals surface area (Å²) in [7, 11) is 4.89. The Kier molecular flexibility index (Phi) is 6.42. The first-order valence-corrected chi connectivity index (χ1v) is 9.22. The largest absolute Gasteiger partial charge is 0.497 e. The molecule has 1 aliphatic heterocycles. The lowest BCUT2D eigenvalue weighted by atomic mass is 10.1.